The summed E-state index contributed by atoms with van der Waals surface area (Å²) in [5, 5.41) is 17.3. The van der Waals surface area contributed by atoms with Crippen LogP contribution in [-0.2, 0) is 47.4 Å². The molecule has 0 aliphatic rings. The van der Waals surface area contributed by atoms with Crippen molar-refractivity contribution in [2.45, 2.75) is 103 Å². The van der Waals surface area contributed by atoms with Crippen molar-refractivity contribution < 1.29 is 57.6 Å². The molecule has 0 saturated heterocycles. The van der Waals surface area contributed by atoms with Crippen LogP contribution in [0, 0.1) is 0 Å². The average Bonchev–Trinajstić information content (AvgIpc) is 3.21. The number of aliphatic hydroxyl groups is 2. The van der Waals surface area contributed by atoms with Gasteiger partial charge < -0.3 is 57.6 Å². The summed E-state index contributed by atoms with van der Waals surface area (Å²) in [5.74, 6) is 0. The predicted molar refractivity (Wildman–Crippen MR) is 223 cm³/mol. The van der Waals surface area contributed by atoms with Crippen LogP contribution in [0.5, 0.6) is 0 Å². The third-order valence-electron chi connectivity index (χ3n) is 8.79. The minimum Gasteiger partial charge on any atom is -0.394 e. The smallest absolute Gasteiger partial charge is 0.0701 e. The molecule has 0 aromatic carbocycles. The lowest BCUT2D eigenvalue weighted by atomic mass is 10.1. The Morgan fingerprint density at radius 3 is 0.893 bits per heavy atom. The zero-order valence-electron chi connectivity index (χ0n) is 35.9. The van der Waals surface area contributed by atoms with E-state index < -0.39 is 0 Å². The maximum absolute atomic E-state index is 8.67. The van der Waals surface area contributed by atoms with Crippen molar-refractivity contribution in [1.29, 1.82) is 0 Å². The van der Waals surface area contributed by atoms with Crippen molar-refractivity contribution in [3.63, 3.8) is 0 Å². The molecule has 0 heterocycles. The van der Waals surface area contributed by atoms with E-state index in [0.717, 1.165) is 19.6 Å². The van der Waals surface area contributed by atoms with Crippen LogP contribution in [0.4, 0.5) is 0 Å². The topological polar surface area (TPSA) is 136 Å². The molecule has 0 aliphatic heterocycles. The van der Waals surface area contributed by atoms with Crippen LogP contribution in [0.1, 0.15) is 103 Å². The standard InChI is InChI=1S/C43H87NO12/c1-2-3-4-5-6-7-8-9-10-11-12-13-14-15-16-17-18-19-44(20-24-47-28-32-51-36-40-55-42-38-53-34-30-49-26-22-45)21-25-48-29-33-52-37-41-56-43-39-54-35-31-50-27-23-46/h10-11,45-46H,2-9,12-43H2,1H3/b11-10+. The van der Waals surface area contributed by atoms with Crippen LogP contribution in [0.3, 0.4) is 0 Å². The summed E-state index contributed by atoms with van der Waals surface area (Å²) >= 11 is 0. The third kappa shape index (κ3) is 49.4. The zero-order chi connectivity index (χ0) is 40.3. The highest BCUT2D eigenvalue weighted by Gasteiger charge is 2.06. The molecule has 336 valence electrons. The van der Waals surface area contributed by atoms with Gasteiger partial charge in [0.2, 0.25) is 0 Å². The van der Waals surface area contributed by atoms with Crippen molar-refractivity contribution >= 4 is 0 Å². The first-order chi connectivity index (χ1) is 27.8. The molecule has 2 N–H and O–H groups in total. The molecule has 13 heteroatoms. The molecule has 0 spiro atoms. The summed E-state index contributed by atoms with van der Waals surface area (Å²) in [6.45, 7) is 15.4. The largest absolute Gasteiger partial charge is 0.394 e. The molecule has 0 radical (unpaired) electrons. The zero-order valence-corrected chi connectivity index (χ0v) is 35.9. The number of hydrogen-bond donors (Lipinski definition) is 2. The Balaban J connectivity index is 3.98. The maximum Gasteiger partial charge on any atom is 0.0701 e. The molecule has 0 atom stereocenters. The van der Waals surface area contributed by atoms with E-state index in [1.54, 1.807) is 0 Å². The van der Waals surface area contributed by atoms with Gasteiger partial charge in [-0.15, -0.1) is 0 Å². The molecule has 0 bridgehead atoms. The molecule has 56 heavy (non-hydrogen) atoms. The van der Waals surface area contributed by atoms with Crippen LogP contribution in [0.25, 0.3) is 0 Å². The van der Waals surface area contributed by atoms with Gasteiger partial charge in [0.25, 0.3) is 0 Å². The second-order valence-corrected chi connectivity index (χ2v) is 13.7. The highest BCUT2D eigenvalue weighted by atomic mass is 16.6. The van der Waals surface area contributed by atoms with Gasteiger partial charge in [-0.3, -0.25) is 4.90 Å². The minimum atomic E-state index is 0.0282. The van der Waals surface area contributed by atoms with Crippen LogP contribution >= 0.6 is 0 Å². The Morgan fingerprint density at radius 2 is 0.571 bits per heavy atom. The number of ether oxygens (including phenoxy) is 10. The van der Waals surface area contributed by atoms with Gasteiger partial charge in [0.05, 0.1) is 145 Å². The molecule has 0 aromatic rings. The summed E-state index contributed by atoms with van der Waals surface area (Å²) in [4.78, 5) is 2.45. The van der Waals surface area contributed by atoms with Gasteiger partial charge in [-0.1, -0.05) is 83.3 Å². The molecule has 0 fully saturated rings. The van der Waals surface area contributed by atoms with Crippen molar-refractivity contribution in [3.05, 3.63) is 12.2 Å². The van der Waals surface area contributed by atoms with Gasteiger partial charge in [-0.25, -0.2) is 0 Å². The van der Waals surface area contributed by atoms with Gasteiger partial charge in [0.1, 0.15) is 0 Å². The summed E-state index contributed by atoms with van der Waals surface area (Å²) in [5.41, 5.74) is 0. The SMILES string of the molecule is CCCCCCCCC/C=C/CCCCCCCCN(CCOCCOCCOCCOCCOCCO)CCOCCOCCOCCOCCOCCO. The van der Waals surface area contributed by atoms with E-state index in [2.05, 4.69) is 24.0 Å². The van der Waals surface area contributed by atoms with Crippen molar-refractivity contribution in [2.75, 3.05) is 165 Å². The number of hydrogen-bond acceptors (Lipinski definition) is 13. The number of rotatable bonds is 51. The molecule has 0 aromatic heterocycles. The van der Waals surface area contributed by atoms with Crippen LogP contribution in [0.2, 0.25) is 0 Å². The third-order valence-corrected chi connectivity index (χ3v) is 8.79. The summed E-state index contributed by atoms with van der Waals surface area (Å²) in [7, 11) is 0. The van der Waals surface area contributed by atoms with Gasteiger partial charge in [0.15, 0.2) is 0 Å². The van der Waals surface area contributed by atoms with E-state index in [1.165, 1.54) is 96.3 Å². The fraction of sp³-hybridized carbons (Fsp3) is 0.953. The molecule has 0 rings (SSSR count). The Kier molecular flexibility index (Phi) is 51.5. The first kappa shape index (κ1) is 55.2. The van der Waals surface area contributed by atoms with Gasteiger partial charge in [0, 0.05) is 13.1 Å². The second kappa shape index (κ2) is 52.2. The van der Waals surface area contributed by atoms with Crippen LogP contribution < -0.4 is 0 Å². The number of aliphatic hydroxyl groups excluding tert-OH is 2. The molecular weight excluding hydrogens is 722 g/mol. The highest BCUT2D eigenvalue weighted by molar-refractivity contribution is 4.81. The van der Waals surface area contributed by atoms with Crippen molar-refractivity contribution in [3.8, 4) is 0 Å². The van der Waals surface area contributed by atoms with E-state index in [4.69, 9.17) is 57.6 Å². The number of allylic oxidation sites excluding steroid dienone is 2. The first-order valence-corrected chi connectivity index (χ1v) is 22.2. The molecule has 0 saturated carbocycles. The normalized spacial score (nSPS) is 11.9. The van der Waals surface area contributed by atoms with Crippen LogP contribution in [0.15, 0.2) is 12.2 Å². The van der Waals surface area contributed by atoms with Gasteiger partial charge in [-0.2, -0.15) is 0 Å². The molecular formula is C43H87NO12. The lowest BCUT2D eigenvalue weighted by molar-refractivity contribution is -0.0170. The van der Waals surface area contributed by atoms with E-state index in [9.17, 15) is 0 Å². The lowest BCUT2D eigenvalue weighted by Gasteiger charge is -2.22. The van der Waals surface area contributed by atoms with E-state index in [0.29, 0.717) is 132 Å². The molecule has 0 unspecified atom stereocenters. The Morgan fingerprint density at radius 1 is 0.304 bits per heavy atom. The Labute approximate surface area is 342 Å². The minimum absolute atomic E-state index is 0.0282. The first-order valence-electron chi connectivity index (χ1n) is 22.2. The second-order valence-electron chi connectivity index (χ2n) is 13.7. The van der Waals surface area contributed by atoms with Crippen molar-refractivity contribution in [2.24, 2.45) is 0 Å². The monoisotopic (exact) mass is 810 g/mol. The van der Waals surface area contributed by atoms with E-state index >= 15 is 0 Å². The fourth-order valence-electron chi connectivity index (χ4n) is 5.57. The number of nitrogens with zero attached hydrogens (tertiary/aromatic N) is 1. The maximum atomic E-state index is 8.67. The Bertz CT molecular complexity index is 688. The lowest BCUT2D eigenvalue weighted by Crippen LogP contribution is -2.32. The van der Waals surface area contributed by atoms with E-state index in [1.807, 2.05) is 0 Å². The Hall–Kier alpha value is -0.780. The van der Waals surface area contributed by atoms with Gasteiger partial charge >= 0.3 is 0 Å². The quantitative estimate of drug-likeness (QED) is 0.0561. The summed E-state index contributed by atoms with van der Waals surface area (Å²) in [6, 6.07) is 0. The molecule has 13 nitrogen and oxygen atoms in total. The summed E-state index contributed by atoms with van der Waals surface area (Å²) in [6.07, 6.45) is 24.6. The molecule has 0 amide bonds. The number of unbranched alkanes of at least 4 members (excludes halogenated alkanes) is 13. The van der Waals surface area contributed by atoms with E-state index in [-0.39, 0.29) is 13.2 Å². The van der Waals surface area contributed by atoms with Gasteiger partial charge in [-0.05, 0) is 38.6 Å². The fourth-order valence-corrected chi connectivity index (χ4v) is 5.57. The summed E-state index contributed by atoms with van der Waals surface area (Å²) < 4.78 is 55.1. The average molecular weight is 810 g/mol. The highest BCUT2D eigenvalue weighted by Crippen LogP contribution is 2.11. The van der Waals surface area contributed by atoms with Crippen molar-refractivity contribution in [1.82, 2.24) is 4.90 Å². The molecule has 0 aliphatic carbocycles. The predicted octanol–water partition coefficient (Wildman–Crippen LogP) is 5.87. The van der Waals surface area contributed by atoms with Crippen LogP contribution in [-0.4, -0.2) is 180 Å².